The number of hydrogen-bond acceptors (Lipinski definition) is 4. The molecule has 0 bridgehead atoms. The first kappa shape index (κ1) is 8.81. The minimum absolute atomic E-state index is 0.295. The molecule has 4 nitrogen and oxygen atoms in total. The van der Waals surface area contributed by atoms with Gasteiger partial charge in [0.15, 0.2) is 12.1 Å². The Balaban J connectivity index is 3.96. The predicted octanol–water partition coefficient (Wildman–Crippen LogP) is -0.294. The van der Waals surface area contributed by atoms with Crippen LogP contribution in [0.2, 0.25) is 0 Å². The molecule has 0 saturated heterocycles. The Kier molecular flexibility index (Phi) is 3.32. The number of aldehydes is 1. The molecule has 0 aliphatic carbocycles. The van der Waals surface area contributed by atoms with Gasteiger partial charge in [0.1, 0.15) is 0 Å². The third-order valence-corrected chi connectivity index (χ3v) is 0.817. The first-order valence-corrected chi connectivity index (χ1v) is 2.71. The first-order valence-electron chi connectivity index (χ1n) is 2.71. The molecule has 0 N–H and O–H groups in total. The highest BCUT2D eigenvalue weighted by atomic mass is 16.5. The lowest BCUT2D eigenvalue weighted by molar-refractivity contribution is -0.154. The summed E-state index contributed by atoms with van der Waals surface area (Å²) in [6.45, 7) is 2.32. The van der Waals surface area contributed by atoms with E-state index in [1.807, 2.05) is 0 Å². The number of esters is 1. The zero-order chi connectivity index (χ0) is 8.15. The van der Waals surface area contributed by atoms with Crippen LogP contribution in [-0.4, -0.2) is 24.1 Å². The summed E-state index contributed by atoms with van der Waals surface area (Å²) in [5.41, 5.74) is 0. The molecule has 1 unspecified atom stereocenters. The Labute approximate surface area is 58.2 Å². The fourth-order valence-corrected chi connectivity index (χ4v) is 0.385. The lowest BCUT2D eigenvalue weighted by atomic mass is 10.3. The maximum atomic E-state index is 10.4. The zero-order valence-electron chi connectivity index (χ0n) is 5.79. The molecule has 0 radical (unpaired) electrons. The molecule has 0 aromatic rings. The molecule has 0 spiro atoms. The SMILES string of the molecule is CC(=O)OC(C=O)C(C)=O. The number of rotatable bonds is 3. The molecule has 1 atom stereocenters. The number of ether oxygens (including phenoxy) is 1. The molecule has 0 saturated carbocycles. The molecule has 0 heterocycles. The van der Waals surface area contributed by atoms with Crippen molar-refractivity contribution in [3.63, 3.8) is 0 Å². The fourth-order valence-electron chi connectivity index (χ4n) is 0.385. The van der Waals surface area contributed by atoms with Crippen LogP contribution in [0.4, 0.5) is 0 Å². The van der Waals surface area contributed by atoms with Crippen molar-refractivity contribution in [3.8, 4) is 0 Å². The molecule has 56 valence electrons. The van der Waals surface area contributed by atoms with Crippen LogP contribution >= 0.6 is 0 Å². The standard InChI is InChI=1S/C6H8O4/c1-4(8)6(3-7)10-5(2)9/h3,6H,1-2H3. The number of carbonyl (C=O) groups is 3. The summed E-state index contributed by atoms with van der Waals surface area (Å²) in [7, 11) is 0. The summed E-state index contributed by atoms with van der Waals surface area (Å²) in [6, 6.07) is 0. The van der Waals surface area contributed by atoms with Gasteiger partial charge in [-0.15, -0.1) is 0 Å². The summed E-state index contributed by atoms with van der Waals surface area (Å²) in [6.07, 6.45) is -0.929. The van der Waals surface area contributed by atoms with E-state index in [0.717, 1.165) is 6.92 Å². The lowest BCUT2D eigenvalue weighted by Crippen LogP contribution is -2.25. The molecule has 0 aliphatic heterocycles. The normalized spacial score (nSPS) is 11.8. The molecule has 0 aliphatic rings. The quantitative estimate of drug-likeness (QED) is 0.310. The molecule has 0 amide bonds. The smallest absolute Gasteiger partial charge is 0.303 e. The van der Waals surface area contributed by atoms with E-state index in [1.165, 1.54) is 6.92 Å². The van der Waals surface area contributed by atoms with Gasteiger partial charge in [-0.05, 0) is 6.92 Å². The number of carbonyl (C=O) groups excluding carboxylic acids is 3. The van der Waals surface area contributed by atoms with Gasteiger partial charge in [-0.2, -0.15) is 0 Å². The van der Waals surface area contributed by atoms with Crippen molar-refractivity contribution < 1.29 is 19.1 Å². The first-order chi connectivity index (χ1) is 4.57. The number of hydrogen-bond donors (Lipinski definition) is 0. The van der Waals surface area contributed by atoms with Crippen molar-refractivity contribution in [2.45, 2.75) is 20.0 Å². The van der Waals surface area contributed by atoms with Crippen LogP contribution in [0.1, 0.15) is 13.8 Å². The van der Waals surface area contributed by atoms with E-state index in [4.69, 9.17) is 0 Å². The highest BCUT2D eigenvalue weighted by Gasteiger charge is 2.14. The Morgan fingerprint density at radius 3 is 2.00 bits per heavy atom. The predicted molar refractivity (Wildman–Crippen MR) is 32.3 cm³/mol. The van der Waals surface area contributed by atoms with Gasteiger partial charge in [-0.1, -0.05) is 0 Å². The average molecular weight is 144 g/mol. The van der Waals surface area contributed by atoms with Gasteiger partial charge >= 0.3 is 5.97 Å². The fraction of sp³-hybridized carbons (Fsp3) is 0.500. The summed E-state index contributed by atoms with van der Waals surface area (Å²) in [5.74, 6) is -1.10. The van der Waals surface area contributed by atoms with Crippen LogP contribution in [0.15, 0.2) is 0 Å². The Morgan fingerprint density at radius 1 is 1.40 bits per heavy atom. The van der Waals surface area contributed by atoms with E-state index in [-0.39, 0.29) is 0 Å². The van der Waals surface area contributed by atoms with Gasteiger partial charge in [-0.25, -0.2) is 0 Å². The van der Waals surface area contributed by atoms with Crippen molar-refractivity contribution >= 4 is 18.0 Å². The summed E-state index contributed by atoms with van der Waals surface area (Å²) >= 11 is 0. The van der Waals surface area contributed by atoms with Crippen molar-refractivity contribution in [2.75, 3.05) is 0 Å². The highest BCUT2D eigenvalue weighted by Crippen LogP contribution is 1.89. The Hall–Kier alpha value is -1.19. The second-order valence-electron chi connectivity index (χ2n) is 1.78. The van der Waals surface area contributed by atoms with Crippen LogP contribution < -0.4 is 0 Å². The zero-order valence-corrected chi connectivity index (χ0v) is 5.79. The minimum atomic E-state index is -1.22. The van der Waals surface area contributed by atoms with Gasteiger partial charge in [0.05, 0.1) is 0 Å². The Bertz CT molecular complexity index is 161. The average Bonchev–Trinajstić information content (AvgIpc) is 1.81. The van der Waals surface area contributed by atoms with Crippen LogP contribution in [0, 0.1) is 0 Å². The molecular weight excluding hydrogens is 136 g/mol. The van der Waals surface area contributed by atoms with E-state index in [9.17, 15) is 14.4 Å². The minimum Gasteiger partial charge on any atom is -0.447 e. The molecule has 0 rings (SSSR count). The van der Waals surface area contributed by atoms with Crippen molar-refractivity contribution in [1.29, 1.82) is 0 Å². The van der Waals surface area contributed by atoms with Gasteiger partial charge in [0, 0.05) is 6.92 Å². The topological polar surface area (TPSA) is 60.4 Å². The van der Waals surface area contributed by atoms with E-state index >= 15 is 0 Å². The summed E-state index contributed by atoms with van der Waals surface area (Å²) in [5, 5.41) is 0. The highest BCUT2D eigenvalue weighted by molar-refractivity contribution is 5.96. The maximum absolute atomic E-state index is 10.4. The monoisotopic (exact) mass is 144 g/mol. The number of Topliss-reactive ketones (excluding diaryl/α,β-unsaturated/α-hetero) is 1. The third kappa shape index (κ3) is 2.96. The third-order valence-electron chi connectivity index (χ3n) is 0.817. The van der Waals surface area contributed by atoms with E-state index in [0.29, 0.717) is 6.29 Å². The molecule has 0 aromatic carbocycles. The van der Waals surface area contributed by atoms with Crippen molar-refractivity contribution in [1.82, 2.24) is 0 Å². The van der Waals surface area contributed by atoms with E-state index in [2.05, 4.69) is 4.74 Å². The van der Waals surface area contributed by atoms with Gasteiger partial charge < -0.3 is 4.74 Å². The summed E-state index contributed by atoms with van der Waals surface area (Å²) in [4.78, 5) is 30.6. The maximum Gasteiger partial charge on any atom is 0.303 e. The van der Waals surface area contributed by atoms with Gasteiger partial charge in [-0.3, -0.25) is 14.4 Å². The molecule has 0 fully saturated rings. The molecule has 0 aromatic heterocycles. The van der Waals surface area contributed by atoms with Crippen LogP contribution in [0.5, 0.6) is 0 Å². The lowest BCUT2D eigenvalue weighted by Gasteiger charge is -2.04. The van der Waals surface area contributed by atoms with Gasteiger partial charge in [0.2, 0.25) is 6.10 Å². The van der Waals surface area contributed by atoms with Crippen molar-refractivity contribution in [3.05, 3.63) is 0 Å². The van der Waals surface area contributed by atoms with Crippen LogP contribution in [0.3, 0.4) is 0 Å². The van der Waals surface area contributed by atoms with Gasteiger partial charge in [0.25, 0.3) is 0 Å². The number of ketones is 1. The largest absolute Gasteiger partial charge is 0.447 e. The molecule has 4 heteroatoms. The Morgan fingerprint density at radius 2 is 1.90 bits per heavy atom. The van der Waals surface area contributed by atoms with E-state index in [1.54, 1.807) is 0 Å². The van der Waals surface area contributed by atoms with Crippen LogP contribution in [-0.2, 0) is 19.1 Å². The molecule has 10 heavy (non-hydrogen) atoms. The molecular formula is C6H8O4. The van der Waals surface area contributed by atoms with Crippen LogP contribution in [0.25, 0.3) is 0 Å². The summed E-state index contributed by atoms with van der Waals surface area (Å²) < 4.78 is 4.30. The van der Waals surface area contributed by atoms with Crippen molar-refractivity contribution in [2.24, 2.45) is 0 Å². The second kappa shape index (κ2) is 3.76. The second-order valence-corrected chi connectivity index (χ2v) is 1.78. The van der Waals surface area contributed by atoms with E-state index < -0.39 is 17.9 Å².